The molecule has 0 amide bonds. The second kappa shape index (κ2) is 14.9. The molecule has 0 N–H and O–H groups in total. The van der Waals surface area contributed by atoms with Crippen molar-refractivity contribution in [2.45, 2.75) is 0 Å². The van der Waals surface area contributed by atoms with Gasteiger partial charge in [0.15, 0.2) is 17.5 Å². The number of fused-ring (bicyclic) bond motifs is 6. The molecule has 0 saturated heterocycles. The lowest BCUT2D eigenvalue weighted by molar-refractivity contribution is 1.07. The molecular weight excluding hydrogens is 773 g/mol. The Hall–Kier alpha value is -7.99. The van der Waals surface area contributed by atoms with Crippen molar-refractivity contribution in [3.8, 4) is 73.2 Å². The summed E-state index contributed by atoms with van der Waals surface area (Å²) in [5.41, 5.74) is 4.09. The molecule has 0 saturated carbocycles. The van der Waals surface area contributed by atoms with E-state index >= 15 is 0 Å². The Morgan fingerprint density at radius 3 is 1.84 bits per heavy atom. The van der Waals surface area contributed by atoms with Gasteiger partial charge in [-0.1, -0.05) is 170 Å². The Labute approximate surface area is 379 Å². The standard InChI is InChI=1S/C57H36N4S/c1-4-15-37(16-5-1)40-21-14-22-41(33-40)43-27-31-48(52(35-43)61-50-25-12-10-23-45(50)49-34-42(29-32-51(49)61)38-17-6-2-7-18-38)57-59-55(39-19-8-3-9-20-39)58-56(60-57)44-28-30-47-46-24-11-13-26-53(46)62-54(47)36-44/h1-36H/i2D,6D,7D,10D,12D,17D,18D,23D,25D,29D,32D,34D. The Morgan fingerprint density at radius 2 is 1.00 bits per heavy atom. The Bertz CT molecular complexity index is 4320. The number of rotatable bonds is 7. The van der Waals surface area contributed by atoms with Crippen LogP contribution in [0, 0.1) is 0 Å². The van der Waals surface area contributed by atoms with Crippen LogP contribution in [-0.4, -0.2) is 19.5 Å². The van der Waals surface area contributed by atoms with Crippen LogP contribution in [0.2, 0.25) is 0 Å². The molecule has 0 unspecified atom stereocenters. The smallest absolute Gasteiger partial charge is 0.166 e. The van der Waals surface area contributed by atoms with Crippen molar-refractivity contribution >= 4 is 53.3 Å². The lowest BCUT2D eigenvalue weighted by Gasteiger charge is -2.17. The molecule has 0 atom stereocenters. The first-order valence-corrected chi connectivity index (χ1v) is 20.7. The van der Waals surface area contributed by atoms with Crippen LogP contribution >= 0.6 is 11.3 Å². The molecule has 12 rings (SSSR count). The molecule has 0 radical (unpaired) electrons. The van der Waals surface area contributed by atoms with Gasteiger partial charge in [0.1, 0.15) is 0 Å². The average Bonchev–Trinajstić information content (AvgIpc) is 4.02. The molecule has 0 spiro atoms. The van der Waals surface area contributed by atoms with E-state index in [1.807, 2.05) is 121 Å². The van der Waals surface area contributed by atoms with Gasteiger partial charge in [0.2, 0.25) is 0 Å². The summed E-state index contributed by atoms with van der Waals surface area (Å²) in [4.78, 5) is 15.3. The summed E-state index contributed by atoms with van der Waals surface area (Å²) in [5, 5.41) is 1.86. The van der Waals surface area contributed by atoms with Crippen molar-refractivity contribution in [3.05, 3.63) is 218 Å². The first kappa shape index (κ1) is 25.6. The third kappa shape index (κ3) is 6.26. The maximum absolute atomic E-state index is 9.85. The molecule has 0 aliphatic heterocycles. The molecule has 5 heteroatoms. The zero-order valence-corrected chi connectivity index (χ0v) is 33.4. The number of benzene rings is 9. The van der Waals surface area contributed by atoms with Crippen LogP contribution in [0.5, 0.6) is 0 Å². The highest BCUT2D eigenvalue weighted by molar-refractivity contribution is 7.25. The van der Waals surface area contributed by atoms with Crippen LogP contribution < -0.4 is 0 Å². The fraction of sp³-hybridized carbons (Fsp3) is 0. The van der Waals surface area contributed by atoms with Gasteiger partial charge in [-0.05, 0) is 81.8 Å². The number of thiophene rings is 1. The second-order valence-electron chi connectivity index (χ2n) is 14.7. The molecule has 290 valence electrons. The lowest BCUT2D eigenvalue weighted by Crippen LogP contribution is -2.04. The van der Waals surface area contributed by atoms with Gasteiger partial charge >= 0.3 is 0 Å². The average molecular weight is 821 g/mol. The van der Waals surface area contributed by atoms with E-state index in [4.69, 9.17) is 24.5 Å². The van der Waals surface area contributed by atoms with Gasteiger partial charge in [-0.15, -0.1) is 11.3 Å². The van der Waals surface area contributed by atoms with Gasteiger partial charge in [-0.3, -0.25) is 0 Å². The van der Waals surface area contributed by atoms with Crippen molar-refractivity contribution in [1.82, 2.24) is 19.5 Å². The predicted octanol–water partition coefficient (Wildman–Crippen LogP) is 15.3. The van der Waals surface area contributed by atoms with Crippen LogP contribution in [0.25, 0.3) is 115 Å². The molecule has 0 aliphatic rings. The summed E-state index contributed by atoms with van der Waals surface area (Å²) < 4.78 is 113. The summed E-state index contributed by atoms with van der Waals surface area (Å²) in [6, 6.07) is 39.4. The maximum Gasteiger partial charge on any atom is 0.166 e. The van der Waals surface area contributed by atoms with Crippen LogP contribution in [0.1, 0.15) is 16.4 Å². The summed E-state index contributed by atoms with van der Waals surface area (Å²) in [7, 11) is 0. The van der Waals surface area contributed by atoms with Crippen molar-refractivity contribution < 1.29 is 16.4 Å². The highest BCUT2D eigenvalue weighted by Crippen LogP contribution is 2.41. The number of hydrogen-bond donors (Lipinski definition) is 0. The molecule has 62 heavy (non-hydrogen) atoms. The lowest BCUT2D eigenvalue weighted by atomic mass is 9.97. The fourth-order valence-electron chi connectivity index (χ4n) is 8.06. The van der Waals surface area contributed by atoms with E-state index in [1.54, 1.807) is 17.4 Å². The molecule has 0 aliphatic carbocycles. The molecule has 9 aromatic carbocycles. The van der Waals surface area contributed by atoms with E-state index in [0.717, 1.165) is 36.9 Å². The Balaban J connectivity index is 1.21. The largest absolute Gasteiger partial charge is 0.308 e. The van der Waals surface area contributed by atoms with Crippen LogP contribution in [-0.2, 0) is 0 Å². The highest BCUT2D eigenvalue weighted by atomic mass is 32.1. The van der Waals surface area contributed by atoms with Gasteiger partial charge in [-0.25, -0.2) is 15.0 Å². The number of hydrogen-bond acceptors (Lipinski definition) is 4. The fourth-order valence-corrected chi connectivity index (χ4v) is 9.20. The van der Waals surface area contributed by atoms with Gasteiger partial charge in [-0.2, -0.15) is 0 Å². The second-order valence-corrected chi connectivity index (χ2v) is 15.8. The van der Waals surface area contributed by atoms with Crippen molar-refractivity contribution in [3.63, 3.8) is 0 Å². The zero-order chi connectivity index (χ0) is 51.4. The van der Waals surface area contributed by atoms with Crippen molar-refractivity contribution in [2.75, 3.05) is 0 Å². The van der Waals surface area contributed by atoms with E-state index < -0.39 is 83.6 Å². The SMILES string of the molecule is [2H]c1c([2H])c([2H])c(-c2c([2H])c([2H])c3c(c2[2H])c2c([2H])c([2H])c([2H])c([2H])c2n3-c2cc(-c3cccc(-c4ccccc4)c3)ccc2-c2nc(-c3ccccc3)nc(-c3ccc4c(c3)sc3ccccc34)n2)c([2H])c1[2H]. The van der Waals surface area contributed by atoms with Gasteiger partial charge in [0.25, 0.3) is 0 Å². The molecule has 0 bridgehead atoms. The predicted molar refractivity (Wildman–Crippen MR) is 260 cm³/mol. The minimum Gasteiger partial charge on any atom is -0.308 e. The van der Waals surface area contributed by atoms with Crippen molar-refractivity contribution in [1.29, 1.82) is 0 Å². The summed E-state index contributed by atoms with van der Waals surface area (Å²) in [5.74, 6) is 0.845. The summed E-state index contributed by atoms with van der Waals surface area (Å²) in [6.07, 6.45) is 0. The number of aromatic nitrogens is 4. The number of nitrogens with zero attached hydrogens (tertiary/aromatic N) is 4. The quantitative estimate of drug-likeness (QED) is 0.161. The summed E-state index contributed by atoms with van der Waals surface area (Å²) >= 11 is 1.65. The molecule has 12 aromatic rings. The van der Waals surface area contributed by atoms with E-state index in [0.29, 0.717) is 33.9 Å². The maximum atomic E-state index is 9.85. The Morgan fingerprint density at radius 1 is 0.371 bits per heavy atom. The van der Waals surface area contributed by atoms with Crippen LogP contribution in [0.15, 0.2) is 218 Å². The first-order valence-electron chi connectivity index (χ1n) is 25.9. The zero-order valence-electron chi connectivity index (χ0n) is 44.6. The van der Waals surface area contributed by atoms with E-state index in [1.165, 1.54) is 4.57 Å². The normalized spacial score (nSPS) is 14.3. The molecular formula is C57H36N4S. The van der Waals surface area contributed by atoms with E-state index in [2.05, 4.69) is 18.2 Å². The minimum atomic E-state index is -0.705. The number of para-hydroxylation sites is 1. The first-order chi connectivity index (χ1) is 35.7. The summed E-state index contributed by atoms with van der Waals surface area (Å²) in [6.45, 7) is 0. The third-order valence-electron chi connectivity index (χ3n) is 11.0. The highest BCUT2D eigenvalue weighted by Gasteiger charge is 2.21. The molecule has 3 aromatic heterocycles. The molecule has 0 fully saturated rings. The third-order valence-corrected chi connectivity index (χ3v) is 12.1. The van der Waals surface area contributed by atoms with Crippen LogP contribution in [0.4, 0.5) is 0 Å². The van der Waals surface area contributed by atoms with Gasteiger partial charge in [0, 0.05) is 47.6 Å². The van der Waals surface area contributed by atoms with Gasteiger partial charge in [0.05, 0.1) is 33.2 Å². The molecule has 4 nitrogen and oxygen atoms in total. The Kier molecular flexibility index (Phi) is 6.16. The van der Waals surface area contributed by atoms with E-state index in [9.17, 15) is 6.85 Å². The van der Waals surface area contributed by atoms with E-state index in [-0.39, 0.29) is 33.3 Å². The topological polar surface area (TPSA) is 43.6 Å². The minimum absolute atomic E-state index is 0.130. The monoisotopic (exact) mass is 820 g/mol. The van der Waals surface area contributed by atoms with Crippen LogP contribution in [0.3, 0.4) is 0 Å². The van der Waals surface area contributed by atoms with Crippen molar-refractivity contribution in [2.24, 2.45) is 0 Å². The van der Waals surface area contributed by atoms with Gasteiger partial charge < -0.3 is 4.57 Å². The molecule has 3 heterocycles.